The standard InChI is InChI=1S/C23H32F2O/c1-3-5-6-7-8-18-9-11-19(12-10-18)13-14-20-15-16-21(26-17-4-2)23(25)22(20)24/h15-16,18-19H,3-12,17H2,1-2H3/t18-,19-. The van der Waals surface area contributed by atoms with Crippen molar-refractivity contribution in [2.45, 2.75) is 78.1 Å². The Kier molecular flexibility index (Phi) is 8.95. The molecule has 0 unspecified atom stereocenters. The van der Waals surface area contributed by atoms with E-state index in [1.165, 1.54) is 57.1 Å². The molecule has 0 heterocycles. The van der Waals surface area contributed by atoms with E-state index >= 15 is 0 Å². The Bertz CT molecular complexity index is 607. The molecule has 0 amide bonds. The summed E-state index contributed by atoms with van der Waals surface area (Å²) in [6.45, 7) is 4.54. The molecule has 0 bridgehead atoms. The van der Waals surface area contributed by atoms with Gasteiger partial charge in [-0.2, -0.15) is 4.39 Å². The van der Waals surface area contributed by atoms with Crippen molar-refractivity contribution in [2.75, 3.05) is 6.61 Å². The van der Waals surface area contributed by atoms with Gasteiger partial charge >= 0.3 is 0 Å². The molecule has 3 heteroatoms. The summed E-state index contributed by atoms with van der Waals surface area (Å²) in [6.07, 6.45) is 12.0. The zero-order valence-electron chi connectivity index (χ0n) is 16.3. The maximum atomic E-state index is 14.2. The molecule has 1 aliphatic rings. The van der Waals surface area contributed by atoms with Crippen LogP contribution < -0.4 is 4.74 Å². The second-order valence-electron chi connectivity index (χ2n) is 7.42. The van der Waals surface area contributed by atoms with Crippen LogP contribution >= 0.6 is 0 Å². The van der Waals surface area contributed by atoms with Crippen LogP contribution in [0.5, 0.6) is 5.75 Å². The van der Waals surface area contributed by atoms with Crippen LogP contribution in [-0.2, 0) is 0 Å². The van der Waals surface area contributed by atoms with Crippen LogP contribution in [0, 0.1) is 35.3 Å². The molecule has 1 aromatic rings. The van der Waals surface area contributed by atoms with Gasteiger partial charge < -0.3 is 4.74 Å². The highest BCUT2D eigenvalue weighted by molar-refractivity contribution is 5.41. The fraction of sp³-hybridized carbons (Fsp3) is 0.652. The summed E-state index contributed by atoms with van der Waals surface area (Å²) in [6, 6.07) is 3.00. The lowest BCUT2D eigenvalue weighted by molar-refractivity contribution is 0.294. The molecule has 0 atom stereocenters. The predicted octanol–water partition coefficient (Wildman–Crippen LogP) is 6.88. The van der Waals surface area contributed by atoms with Crippen molar-refractivity contribution in [3.8, 4) is 17.6 Å². The molecule has 1 saturated carbocycles. The predicted molar refractivity (Wildman–Crippen MR) is 103 cm³/mol. The number of hydrogen-bond acceptors (Lipinski definition) is 1. The molecule has 0 N–H and O–H groups in total. The van der Waals surface area contributed by atoms with Crippen molar-refractivity contribution in [2.24, 2.45) is 11.8 Å². The molecule has 144 valence electrons. The summed E-state index contributed by atoms with van der Waals surface area (Å²) < 4.78 is 33.4. The van der Waals surface area contributed by atoms with Crippen LogP contribution in [0.2, 0.25) is 0 Å². The first-order valence-corrected chi connectivity index (χ1v) is 10.3. The highest BCUT2D eigenvalue weighted by atomic mass is 19.2. The fourth-order valence-corrected chi connectivity index (χ4v) is 3.59. The molecule has 0 radical (unpaired) electrons. The Morgan fingerprint density at radius 3 is 2.42 bits per heavy atom. The van der Waals surface area contributed by atoms with Gasteiger partial charge in [-0.3, -0.25) is 0 Å². The van der Waals surface area contributed by atoms with E-state index in [0.717, 1.165) is 25.2 Å². The van der Waals surface area contributed by atoms with E-state index in [9.17, 15) is 8.78 Å². The Morgan fingerprint density at radius 2 is 1.73 bits per heavy atom. The minimum Gasteiger partial charge on any atom is -0.490 e. The SMILES string of the molecule is CCCCCC[C@H]1CC[C@H](C#Cc2ccc(OCCC)c(F)c2F)CC1. The van der Waals surface area contributed by atoms with Gasteiger partial charge in [0.05, 0.1) is 12.2 Å². The monoisotopic (exact) mass is 362 g/mol. The first-order chi connectivity index (χ1) is 12.7. The first-order valence-electron chi connectivity index (χ1n) is 10.3. The molecule has 2 rings (SSSR count). The number of unbranched alkanes of at least 4 members (excludes halogenated alkanes) is 3. The second kappa shape index (κ2) is 11.2. The molecule has 0 spiro atoms. The maximum Gasteiger partial charge on any atom is 0.201 e. The lowest BCUT2D eigenvalue weighted by Gasteiger charge is -2.25. The number of halogens is 2. The van der Waals surface area contributed by atoms with Gasteiger partial charge in [-0.15, -0.1) is 0 Å². The Hall–Kier alpha value is -1.56. The summed E-state index contributed by atoms with van der Waals surface area (Å²) in [5.74, 6) is 5.31. The average molecular weight is 363 g/mol. The third kappa shape index (κ3) is 6.31. The summed E-state index contributed by atoms with van der Waals surface area (Å²) in [4.78, 5) is 0. The van der Waals surface area contributed by atoms with Gasteiger partial charge in [-0.1, -0.05) is 57.8 Å². The Morgan fingerprint density at radius 1 is 0.962 bits per heavy atom. The fourth-order valence-electron chi connectivity index (χ4n) is 3.59. The lowest BCUT2D eigenvalue weighted by atomic mass is 9.80. The maximum absolute atomic E-state index is 14.2. The Balaban J connectivity index is 1.85. The smallest absolute Gasteiger partial charge is 0.201 e. The van der Waals surface area contributed by atoms with Crippen LogP contribution in [0.15, 0.2) is 12.1 Å². The highest BCUT2D eigenvalue weighted by Gasteiger charge is 2.19. The molecule has 26 heavy (non-hydrogen) atoms. The van der Waals surface area contributed by atoms with Crippen molar-refractivity contribution < 1.29 is 13.5 Å². The summed E-state index contributed by atoms with van der Waals surface area (Å²) in [5, 5.41) is 0. The van der Waals surface area contributed by atoms with E-state index in [1.807, 2.05) is 6.92 Å². The zero-order chi connectivity index (χ0) is 18.8. The van der Waals surface area contributed by atoms with Crippen molar-refractivity contribution in [1.82, 2.24) is 0 Å². The number of benzene rings is 1. The normalized spacial score (nSPS) is 19.7. The summed E-state index contributed by atoms with van der Waals surface area (Å²) in [7, 11) is 0. The number of rotatable bonds is 8. The first kappa shape index (κ1) is 20.7. The molecule has 0 saturated heterocycles. The van der Waals surface area contributed by atoms with Crippen LogP contribution in [0.25, 0.3) is 0 Å². The van der Waals surface area contributed by atoms with Crippen molar-refractivity contribution in [1.29, 1.82) is 0 Å². The highest BCUT2D eigenvalue weighted by Crippen LogP contribution is 2.32. The largest absolute Gasteiger partial charge is 0.490 e. The topological polar surface area (TPSA) is 9.23 Å². The van der Waals surface area contributed by atoms with Crippen LogP contribution in [-0.4, -0.2) is 6.61 Å². The van der Waals surface area contributed by atoms with E-state index in [2.05, 4.69) is 18.8 Å². The van der Waals surface area contributed by atoms with Gasteiger partial charge in [0.1, 0.15) is 0 Å². The quantitative estimate of drug-likeness (QED) is 0.362. The second-order valence-corrected chi connectivity index (χ2v) is 7.42. The van der Waals surface area contributed by atoms with Crippen molar-refractivity contribution in [3.63, 3.8) is 0 Å². The van der Waals surface area contributed by atoms with E-state index in [4.69, 9.17) is 4.74 Å². The van der Waals surface area contributed by atoms with Gasteiger partial charge in [-0.25, -0.2) is 4.39 Å². The van der Waals surface area contributed by atoms with Crippen LogP contribution in [0.1, 0.15) is 83.6 Å². The molecular weight excluding hydrogens is 330 g/mol. The van der Waals surface area contributed by atoms with E-state index in [-0.39, 0.29) is 11.3 Å². The molecule has 1 aromatic carbocycles. The number of ether oxygens (including phenoxy) is 1. The molecule has 1 fully saturated rings. The minimum atomic E-state index is -0.930. The third-order valence-corrected chi connectivity index (χ3v) is 5.23. The third-order valence-electron chi connectivity index (χ3n) is 5.23. The van der Waals surface area contributed by atoms with Gasteiger partial charge in [0.15, 0.2) is 11.6 Å². The Labute approximate surface area is 157 Å². The van der Waals surface area contributed by atoms with Crippen LogP contribution in [0.4, 0.5) is 8.78 Å². The van der Waals surface area contributed by atoms with Gasteiger partial charge in [0.25, 0.3) is 0 Å². The van der Waals surface area contributed by atoms with Gasteiger partial charge in [0, 0.05) is 5.92 Å². The molecule has 1 aliphatic carbocycles. The van der Waals surface area contributed by atoms with E-state index < -0.39 is 11.6 Å². The van der Waals surface area contributed by atoms with Crippen LogP contribution in [0.3, 0.4) is 0 Å². The molecule has 0 aliphatic heterocycles. The summed E-state index contributed by atoms with van der Waals surface area (Å²) >= 11 is 0. The van der Waals surface area contributed by atoms with E-state index in [0.29, 0.717) is 12.5 Å². The summed E-state index contributed by atoms with van der Waals surface area (Å²) in [5.41, 5.74) is 0.132. The molecule has 0 aromatic heterocycles. The van der Waals surface area contributed by atoms with Gasteiger partial charge in [0.2, 0.25) is 5.82 Å². The average Bonchev–Trinajstić information content (AvgIpc) is 2.66. The number of hydrogen-bond donors (Lipinski definition) is 0. The van der Waals surface area contributed by atoms with E-state index in [1.54, 1.807) is 0 Å². The van der Waals surface area contributed by atoms with Crippen molar-refractivity contribution >= 4 is 0 Å². The minimum absolute atomic E-state index is 0.0292. The lowest BCUT2D eigenvalue weighted by Crippen LogP contribution is -2.13. The van der Waals surface area contributed by atoms with Gasteiger partial charge in [-0.05, 0) is 50.2 Å². The zero-order valence-corrected chi connectivity index (χ0v) is 16.3. The molecule has 1 nitrogen and oxygen atoms in total. The van der Waals surface area contributed by atoms with Crippen molar-refractivity contribution in [3.05, 3.63) is 29.3 Å². The molecular formula is C23H32F2O.